The van der Waals surface area contributed by atoms with Crippen LogP contribution in [-0.4, -0.2) is 38.6 Å². The molecule has 2 atom stereocenters. The Bertz CT molecular complexity index is 268. The molecule has 0 aromatic rings. The van der Waals surface area contributed by atoms with Crippen molar-refractivity contribution in [3.8, 4) is 0 Å². The number of ether oxygens (including phenoxy) is 1. The fourth-order valence-corrected chi connectivity index (χ4v) is 1.94. The summed E-state index contributed by atoms with van der Waals surface area (Å²) in [6.45, 7) is 4.18. The molecule has 0 saturated carbocycles. The second kappa shape index (κ2) is 9.16. The zero-order chi connectivity index (χ0) is 12.7. The summed E-state index contributed by atoms with van der Waals surface area (Å²) in [5.41, 5.74) is 0. The minimum atomic E-state index is -0.287. The number of hydrogen-bond acceptors (Lipinski definition) is 4. The Balaban J connectivity index is 0.00000289. The summed E-state index contributed by atoms with van der Waals surface area (Å²) in [6, 6.07) is 0. The summed E-state index contributed by atoms with van der Waals surface area (Å²) < 4.78 is 4.59. The maximum absolute atomic E-state index is 11.5. The topological polar surface area (TPSA) is 67.4 Å². The van der Waals surface area contributed by atoms with Crippen LogP contribution in [0.1, 0.15) is 26.2 Å². The number of carbonyl (C=O) groups is 2. The summed E-state index contributed by atoms with van der Waals surface area (Å²) in [5, 5.41) is 6.04. The van der Waals surface area contributed by atoms with Gasteiger partial charge in [0.2, 0.25) is 5.91 Å². The number of amides is 1. The van der Waals surface area contributed by atoms with Crippen molar-refractivity contribution in [2.45, 2.75) is 26.2 Å². The normalized spacial score (nSPS) is 19.8. The van der Waals surface area contributed by atoms with Gasteiger partial charge in [-0.3, -0.25) is 9.59 Å². The van der Waals surface area contributed by atoms with Crippen LogP contribution in [0.2, 0.25) is 0 Å². The van der Waals surface area contributed by atoms with Crippen molar-refractivity contribution in [2.24, 2.45) is 11.8 Å². The maximum Gasteiger partial charge on any atom is 0.310 e. The third-order valence-corrected chi connectivity index (χ3v) is 3.15. The molecular formula is C12H23ClN2O3. The van der Waals surface area contributed by atoms with Crippen LogP contribution >= 0.6 is 12.4 Å². The zero-order valence-electron chi connectivity index (χ0n) is 11.0. The lowest BCUT2D eigenvalue weighted by molar-refractivity contribution is -0.144. The first-order valence-corrected chi connectivity index (χ1v) is 6.18. The molecule has 0 aromatic carbocycles. The number of carbonyl (C=O) groups excluding carboxylic acids is 2. The molecule has 0 bridgehead atoms. The molecule has 1 rings (SSSR count). The highest BCUT2D eigenvalue weighted by Crippen LogP contribution is 2.13. The van der Waals surface area contributed by atoms with E-state index in [9.17, 15) is 9.59 Å². The van der Waals surface area contributed by atoms with Gasteiger partial charge in [0.1, 0.15) is 0 Å². The van der Waals surface area contributed by atoms with Gasteiger partial charge in [-0.05, 0) is 31.8 Å². The smallest absolute Gasteiger partial charge is 0.310 e. The average Bonchev–Trinajstić information content (AvgIpc) is 2.85. The predicted molar refractivity (Wildman–Crippen MR) is 71.6 cm³/mol. The first-order chi connectivity index (χ1) is 8.13. The maximum atomic E-state index is 11.5. The minimum Gasteiger partial charge on any atom is -0.469 e. The molecule has 1 amide bonds. The lowest BCUT2D eigenvalue weighted by atomic mass is 10.0. The highest BCUT2D eigenvalue weighted by Gasteiger charge is 2.17. The molecule has 0 spiro atoms. The van der Waals surface area contributed by atoms with Crippen LogP contribution in [0.15, 0.2) is 0 Å². The average molecular weight is 279 g/mol. The number of esters is 1. The fourth-order valence-electron chi connectivity index (χ4n) is 1.94. The SMILES string of the molecule is COC(=O)C(C)CNC(=O)CCC1CCNC1.Cl. The molecule has 106 valence electrons. The van der Waals surface area contributed by atoms with Gasteiger partial charge in [0, 0.05) is 13.0 Å². The third kappa shape index (κ3) is 6.21. The fraction of sp³-hybridized carbons (Fsp3) is 0.833. The van der Waals surface area contributed by atoms with E-state index < -0.39 is 0 Å². The van der Waals surface area contributed by atoms with Gasteiger partial charge in [-0.2, -0.15) is 0 Å². The van der Waals surface area contributed by atoms with Crippen LogP contribution in [0.5, 0.6) is 0 Å². The molecule has 6 heteroatoms. The molecular weight excluding hydrogens is 256 g/mol. The zero-order valence-corrected chi connectivity index (χ0v) is 11.8. The van der Waals surface area contributed by atoms with Crippen molar-refractivity contribution in [1.29, 1.82) is 0 Å². The Morgan fingerprint density at radius 2 is 2.22 bits per heavy atom. The van der Waals surface area contributed by atoms with E-state index in [2.05, 4.69) is 15.4 Å². The quantitative estimate of drug-likeness (QED) is 0.703. The van der Waals surface area contributed by atoms with Gasteiger partial charge < -0.3 is 15.4 Å². The summed E-state index contributed by atoms with van der Waals surface area (Å²) in [4.78, 5) is 22.6. The van der Waals surface area contributed by atoms with E-state index in [1.54, 1.807) is 6.92 Å². The summed E-state index contributed by atoms with van der Waals surface area (Å²) >= 11 is 0. The van der Waals surface area contributed by atoms with E-state index in [4.69, 9.17) is 0 Å². The number of nitrogens with one attached hydrogen (secondary N) is 2. The number of halogens is 1. The largest absolute Gasteiger partial charge is 0.469 e. The molecule has 5 nitrogen and oxygen atoms in total. The van der Waals surface area contributed by atoms with Crippen molar-refractivity contribution >= 4 is 24.3 Å². The third-order valence-electron chi connectivity index (χ3n) is 3.15. The Labute approximate surface area is 114 Å². The van der Waals surface area contributed by atoms with E-state index in [0.29, 0.717) is 18.9 Å². The Kier molecular flexibility index (Phi) is 8.75. The van der Waals surface area contributed by atoms with Crippen molar-refractivity contribution < 1.29 is 14.3 Å². The second-order valence-corrected chi connectivity index (χ2v) is 4.63. The Morgan fingerprint density at radius 3 is 2.78 bits per heavy atom. The Morgan fingerprint density at radius 1 is 1.50 bits per heavy atom. The van der Waals surface area contributed by atoms with Gasteiger partial charge in [0.05, 0.1) is 13.0 Å². The number of hydrogen-bond donors (Lipinski definition) is 2. The lowest BCUT2D eigenvalue weighted by Gasteiger charge is -2.11. The molecule has 1 aliphatic heterocycles. The van der Waals surface area contributed by atoms with E-state index in [0.717, 1.165) is 25.9 Å². The van der Waals surface area contributed by atoms with Crippen LogP contribution in [0.4, 0.5) is 0 Å². The molecule has 1 heterocycles. The van der Waals surface area contributed by atoms with Gasteiger partial charge in [-0.25, -0.2) is 0 Å². The monoisotopic (exact) mass is 278 g/mol. The van der Waals surface area contributed by atoms with Crippen LogP contribution in [-0.2, 0) is 14.3 Å². The van der Waals surface area contributed by atoms with Crippen molar-refractivity contribution in [1.82, 2.24) is 10.6 Å². The highest BCUT2D eigenvalue weighted by atomic mass is 35.5. The van der Waals surface area contributed by atoms with E-state index in [1.165, 1.54) is 7.11 Å². The number of methoxy groups -OCH3 is 1. The van der Waals surface area contributed by atoms with Crippen molar-refractivity contribution in [3.63, 3.8) is 0 Å². The van der Waals surface area contributed by atoms with Crippen LogP contribution < -0.4 is 10.6 Å². The highest BCUT2D eigenvalue weighted by molar-refractivity contribution is 5.85. The minimum absolute atomic E-state index is 0. The second-order valence-electron chi connectivity index (χ2n) is 4.63. The molecule has 0 aromatic heterocycles. The van der Waals surface area contributed by atoms with Gasteiger partial charge >= 0.3 is 5.97 Å². The molecule has 0 aliphatic carbocycles. The van der Waals surface area contributed by atoms with Gasteiger partial charge in [-0.1, -0.05) is 6.92 Å². The molecule has 1 aliphatic rings. The van der Waals surface area contributed by atoms with Gasteiger partial charge in [-0.15, -0.1) is 12.4 Å². The van der Waals surface area contributed by atoms with E-state index in [-0.39, 0.29) is 30.2 Å². The molecule has 18 heavy (non-hydrogen) atoms. The first-order valence-electron chi connectivity index (χ1n) is 6.18. The lowest BCUT2D eigenvalue weighted by Crippen LogP contribution is -2.32. The standard InChI is InChI=1S/C12H22N2O3.ClH/c1-9(12(16)17-2)7-14-11(15)4-3-10-5-6-13-8-10;/h9-10,13H,3-8H2,1-2H3,(H,14,15);1H. The molecule has 1 saturated heterocycles. The molecule has 0 radical (unpaired) electrons. The van der Waals surface area contributed by atoms with E-state index in [1.807, 2.05) is 0 Å². The molecule has 2 unspecified atom stereocenters. The first kappa shape index (κ1) is 17.2. The van der Waals surface area contributed by atoms with Gasteiger partial charge in [0.15, 0.2) is 0 Å². The number of rotatable bonds is 6. The van der Waals surface area contributed by atoms with Crippen molar-refractivity contribution in [2.75, 3.05) is 26.7 Å². The predicted octanol–water partition coefficient (Wildman–Crippen LogP) is 0.723. The summed E-state index contributed by atoms with van der Waals surface area (Å²) in [5.74, 6) is 0.0776. The summed E-state index contributed by atoms with van der Waals surface area (Å²) in [6.07, 6.45) is 2.62. The molecule has 2 N–H and O–H groups in total. The summed E-state index contributed by atoms with van der Waals surface area (Å²) in [7, 11) is 1.35. The van der Waals surface area contributed by atoms with Crippen LogP contribution in [0.25, 0.3) is 0 Å². The Hall–Kier alpha value is -0.810. The van der Waals surface area contributed by atoms with E-state index >= 15 is 0 Å². The van der Waals surface area contributed by atoms with Gasteiger partial charge in [0.25, 0.3) is 0 Å². The molecule has 1 fully saturated rings. The van der Waals surface area contributed by atoms with Crippen LogP contribution in [0, 0.1) is 11.8 Å². The van der Waals surface area contributed by atoms with Crippen LogP contribution in [0.3, 0.4) is 0 Å². The van der Waals surface area contributed by atoms with Crippen molar-refractivity contribution in [3.05, 3.63) is 0 Å².